The number of aromatic nitrogens is 1. The number of benzene rings is 1. The first kappa shape index (κ1) is 15.7. The molecule has 0 aliphatic rings. The van der Waals surface area contributed by atoms with E-state index in [1.54, 1.807) is 0 Å². The minimum atomic E-state index is -0.193. The zero-order valence-electron chi connectivity index (χ0n) is 12.8. The Balaban J connectivity index is 2.12. The van der Waals surface area contributed by atoms with Crippen molar-refractivity contribution in [3.63, 3.8) is 0 Å². The first-order valence-corrected chi connectivity index (χ1v) is 7.63. The summed E-state index contributed by atoms with van der Waals surface area (Å²) in [6, 6.07) is 8.38. The van der Waals surface area contributed by atoms with Crippen molar-refractivity contribution >= 4 is 22.4 Å². The standard InChI is InChI=1S/C16H20N2O2S/c1-16(2,3)12-7-5-11(6-8-12)13-10-21-15(17-13)18-14(19)9-20-4/h5-8,10H,9H2,1-4H3,(H,17,18,19). The van der Waals surface area contributed by atoms with Crippen LogP contribution in [0.15, 0.2) is 29.6 Å². The van der Waals surface area contributed by atoms with E-state index in [1.165, 1.54) is 24.0 Å². The number of thiazole rings is 1. The number of hydrogen-bond donors (Lipinski definition) is 1. The lowest BCUT2D eigenvalue weighted by Gasteiger charge is -2.18. The Morgan fingerprint density at radius 1 is 1.29 bits per heavy atom. The molecule has 4 nitrogen and oxygen atoms in total. The quantitative estimate of drug-likeness (QED) is 0.937. The van der Waals surface area contributed by atoms with Crippen LogP contribution in [-0.2, 0) is 14.9 Å². The van der Waals surface area contributed by atoms with Gasteiger partial charge in [0.2, 0.25) is 0 Å². The largest absolute Gasteiger partial charge is 0.375 e. The van der Waals surface area contributed by atoms with Crippen molar-refractivity contribution in [3.05, 3.63) is 35.2 Å². The maximum absolute atomic E-state index is 11.4. The smallest absolute Gasteiger partial charge is 0.252 e. The molecular weight excluding hydrogens is 284 g/mol. The van der Waals surface area contributed by atoms with Crippen molar-refractivity contribution in [3.8, 4) is 11.3 Å². The Morgan fingerprint density at radius 3 is 2.52 bits per heavy atom. The minimum absolute atomic E-state index is 0.0369. The van der Waals surface area contributed by atoms with Crippen LogP contribution >= 0.6 is 11.3 Å². The van der Waals surface area contributed by atoms with E-state index in [1.807, 2.05) is 5.38 Å². The number of carbonyl (C=O) groups is 1. The molecule has 2 rings (SSSR count). The highest BCUT2D eigenvalue weighted by Crippen LogP contribution is 2.28. The van der Waals surface area contributed by atoms with Gasteiger partial charge in [0.05, 0.1) is 5.69 Å². The molecular formula is C16H20N2O2S. The Kier molecular flexibility index (Phi) is 4.75. The number of ether oxygens (including phenoxy) is 1. The number of anilines is 1. The molecule has 1 amide bonds. The van der Waals surface area contributed by atoms with Gasteiger partial charge in [-0.3, -0.25) is 10.1 Å². The number of methoxy groups -OCH3 is 1. The summed E-state index contributed by atoms with van der Waals surface area (Å²) in [6.45, 7) is 6.60. The molecule has 0 aliphatic heterocycles. The monoisotopic (exact) mass is 304 g/mol. The van der Waals surface area contributed by atoms with E-state index in [2.05, 4.69) is 55.3 Å². The Labute approximate surface area is 129 Å². The lowest BCUT2D eigenvalue weighted by atomic mass is 9.86. The van der Waals surface area contributed by atoms with E-state index in [0.717, 1.165) is 11.3 Å². The van der Waals surface area contributed by atoms with Crippen LogP contribution in [0, 0.1) is 0 Å². The maximum atomic E-state index is 11.4. The third-order valence-corrected chi connectivity index (χ3v) is 3.83. The molecule has 0 atom stereocenters. The molecule has 0 spiro atoms. The lowest BCUT2D eigenvalue weighted by Crippen LogP contribution is -2.16. The number of rotatable bonds is 4. The van der Waals surface area contributed by atoms with E-state index < -0.39 is 0 Å². The molecule has 1 aromatic carbocycles. The van der Waals surface area contributed by atoms with Gasteiger partial charge < -0.3 is 4.74 Å². The normalized spacial score (nSPS) is 11.4. The summed E-state index contributed by atoms with van der Waals surface area (Å²) in [6.07, 6.45) is 0. The van der Waals surface area contributed by atoms with Crippen LogP contribution < -0.4 is 5.32 Å². The average Bonchev–Trinajstić information content (AvgIpc) is 2.86. The van der Waals surface area contributed by atoms with E-state index >= 15 is 0 Å². The summed E-state index contributed by atoms with van der Waals surface area (Å²) in [5.74, 6) is -0.193. The Bertz CT molecular complexity index is 612. The molecule has 1 heterocycles. The summed E-state index contributed by atoms with van der Waals surface area (Å²) in [5, 5.41) is 5.24. The van der Waals surface area contributed by atoms with Crippen LogP contribution in [0.4, 0.5) is 5.13 Å². The molecule has 112 valence electrons. The van der Waals surface area contributed by atoms with Crippen LogP contribution in [0.1, 0.15) is 26.3 Å². The second kappa shape index (κ2) is 6.37. The van der Waals surface area contributed by atoms with Gasteiger partial charge in [-0.2, -0.15) is 0 Å². The molecule has 0 fully saturated rings. The van der Waals surface area contributed by atoms with Crippen molar-refractivity contribution in [1.29, 1.82) is 0 Å². The number of nitrogens with one attached hydrogen (secondary N) is 1. The lowest BCUT2D eigenvalue weighted by molar-refractivity contribution is -0.119. The van der Waals surface area contributed by atoms with Crippen molar-refractivity contribution in [1.82, 2.24) is 4.98 Å². The van der Waals surface area contributed by atoms with Crippen LogP contribution in [0.3, 0.4) is 0 Å². The molecule has 0 unspecified atom stereocenters. The predicted molar refractivity (Wildman–Crippen MR) is 86.8 cm³/mol. The second-order valence-electron chi connectivity index (χ2n) is 5.85. The van der Waals surface area contributed by atoms with Gasteiger partial charge in [-0.15, -0.1) is 11.3 Å². The third kappa shape index (κ3) is 4.12. The van der Waals surface area contributed by atoms with Crippen LogP contribution in [-0.4, -0.2) is 24.6 Å². The van der Waals surface area contributed by atoms with Crippen molar-refractivity contribution in [2.24, 2.45) is 0 Å². The topological polar surface area (TPSA) is 51.2 Å². The van der Waals surface area contributed by atoms with E-state index in [0.29, 0.717) is 5.13 Å². The molecule has 0 radical (unpaired) electrons. The van der Waals surface area contributed by atoms with E-state index in [-0.39, 0.29) is 17.9 Å². The van der Waals surface area contributed by atoms with Gasteiger partial charge in [-0.05, 0) is 11.0 Å². The Morgan fingerprint density at radius 2 is 1.95 bits per heavy atom. The molecule has 1 aromatic heterocycles. The maximum Gasteiger partial charge on any atom is 0.252 e. The van der Waals surface area contributed by atoms with Gasteiger partial charge in [-0.1, -0.05) is 45.0 Å². The zero-order chi connectivity index (χ0) is 15.5. The number of carbonyl (C=O) groups excluding carboxylic acids is 1. The highest BCUT2D eigenvalue weighted by Gasteiger charge is 2.14. The highest BCUT2D eigenvalue weighted by atomic mass is 32.1. The summed E-state index contributed by atoms with van der Waals surface area (Å²) >= 11 is 1.41. The first-order chi connectivity index (χ1) is 9.90. The van der Waals surface area contributed by atoms with Gasteiger partial charge in [0, 0.05) is 18.1 Å². The van der Waals surface area contributed by atoms with E-state index in [9.17, 15) is 4.79 Å². The van der Waals surface area contributed by atoms with Gasteiger partial charge in [0.25, 0.3) is 5.91 Å². The fourth-order valence-corrected chi connectivity index (χ4v) is 2.63. The van der Waals surface area contributed by atoms with Gasteiger partial charge in [-0.25, -0.2) is 4.98 Å². The van der Waals surface area contributed by atoms with E-state index in [4.69, 9.17) is 4.74 Å². The molecule has 0 aliphatic carbocycles. The summed E-state index contributed by atoms with van der Waals surface area (Å²) in [7, 11) is 1.49. The summed E-state index contributed by atoms with van der Waals surface area (Å²) in [5.41, 5.74) is 3.34. The van der Waals surface area contributed by atoms with Crippen molar-refractivity contribution in [2.75, 3.05) is 19.0 Å². The molecule has 5 heteroatoms. The zero-order valence-corrected chi connectivity index (χ0v) is 13.6. The number of amides is 1. The average molecular weight is 304 g/mol. The highest BCUT2D eigenvalue weighted by molar-refractivity contribution is 7.14. The third-order valence-electron chi connectivity index (χ3n) is 3.07. The second-order valence-corrected chi connectivity index (χ2v) is 6.70. The first-order valence-electron chi connectivity index (χ1n) is 6.75. The van der Waals surface area contributed by atoms with Crippen molar-refractivity contribution in [2.45, 2.75) is 26.2 Å². The molecule has 21 heavy (non-hydrogen) atoms. The van der Waals surface area contributed by atoms with Crippen molar-refractivity contribution < 1.29 is 9.53 Å². The minimum Gasteiger partial charge on any atom is -0.375 e. The number of hydrogen-bond acceptors (Lipinski definition) is 4. The molecule has 0 saturated heterocycles. The summed E-state index contributed by atoms with van der Waals surface area (Å²) in [4.78, 5) is 15.9. The fourth-order valence-electron chi connectivity index (χ4n) is 1.89. The molecule has 0 saturated carbocycles. The molecule has 0 bridgehead atoms. The number of nitrogens with zero attached hydrogens (tertiary/aromatic N) is 1. The summed E-state index contributed by atoms with van der Waals surface area (Å²) < 4.78 is 4.78. The Hall–Kier alpha value is -1.72. The van der Waals surface area contributed by atoms with Gasteiger partial charge in [0.15, 0.2) is 5.13 Å². The predicted octanol–water partition coefficient (Wildman–Crippen LogP) is 3.69. The van der Waals surface area contributed by atoms with Gasteiger partial charge >= 0.3 is 0 Å². The van der Waals surface area contributed by atoms with Crippen LogP contribution in [0.5, 0.6) is 0 Å². The molecule has 2 aromatic rings. The van der Waals surface area contributed by atoms with Crippen LogP contribution in [0.25, 0.3) is 11.3 Å². The van der Waals surface area contributed by atoms with Gasteiger partial charge in [0.1, 0.15) is 6.61 Å². The fraction of sp³-hybridized carbons (Fsp3) is 0.375. The molecule has 1 N–H and O–H groups in total. The van der Waals surface area contributed by atoms with Crippen LogP contribution in [0.2, 0.25) is 0 Å². The SMILES string of the molecule is COCC(=O)Nc1nc(-c2ccc(C(C)(C)C)cc2)cs1.